The Morgan fingerprint density at radius 1 is 1.04 bits per heavy atom. The molecule has 1 saturated heterocycles. The normalized spacial score (nSPS) is 15.0. The number of rotatable bonds is 2. The van der Waals surface area contributed by atoms with E-state index in [0.717, 1.165) is 36.8 Å². The number of furan rings is 1. The summed E-state index contributed by atoms with van der Waals surface area (Å²) >= 11 is 0. The Bertz CT molecular complexity index is 834. The van der Waals surface area contributed by atoms with Crippen LogP contribution in [0.25, 0.3) is 22.4 Å². The number of pyridine rings is 1. The van der Waals surface area contributed by atoms with Gasteiger partial charge in [0.1, 0.15) is 5.69 Å². The van der Waals surface area contributed by atoms with Gasteiger partial charge >= 0.3 is 0 Å². The van der Waals surface area contributed by atoms with Gasteiger partial charge in [-0.25, -0.2) is 4.98 Å². The number of amides is 1. The van der Waals surface area contributed by atoms with Crippen molar-refractivity contribution in [2.75, 3.05) is 13.1 Å². The summed E-state index contributed by atoms with van der Waals surface area (Å²) in [6, 6.07) is 13.4. The Balaban J connectivity index is 1.84. The molecule has 0 saturated carbocycles. The van der Waals surface area contributed by atoms with Gasteiger partial charge < -0.3 is 9.32 Å². The zero-order valence-electron chi connectivity index (χ0n) is 12.9. The highest BCUT2D eigenvalue weighted by Gasteiger charge is 2.21. The van der Waals surface area contributed by atoms with Crippen LogP contribution in [-0.4, -0.2) is 28.9 Å². The van der Waals surface area contributed by atoms with Gasteiger partial charge in [-0.2, -0.15) is 0 Å². The average Bonchev–Trinajstić information content (AvgIpc) is 3.15. The molecule has 3 heterocycles. The number of fused-ring (bicyclic) bond motifs is 1. The molecular formula is C19H18N2O2. The number of hydrogen-bond acceptors (Lipinski definition) is 3. The van der Waals surface area contributed by atoms with E-state index in [2.05, 4.69) is 4.98 Å². The first-order chi connectivity index (χ1) is 11.3. The Kier molecular flexibility index (Phi) is 3.58. The van der Waals surface area contributed by atoms with Gasteiger partial charge in [0.2, 0.25) is 0 Å². The second-order valence-corrected chi connectivity index (χ2v) is 5.90. The van der Waals surface area contributed by atoms with E-state index in [9.17, 15) is 4.79 Å². The number of hydrogen-bond donors (Lipinski definition) is 0. The van der Waals surface area contributed by atoms with Gasteiger partial charge in [0.05, 0.1) is 17.3 Å². The summed E-state index contributed by atoms with van der Waals surface area (Å²) < 4.78 is 5.46. The van der Waals surface area contributed by atoms with Gasteiger partial charge in [-0.1, -0.05) is 18.2 Å². The summed E-state index contributed by atoms with van der Waals surface area (Å²) in [6.45, 7) is 1.68. The Hall–Kier alpha value is -2.62. The van der Waals surface area contributed by atoms with E-state index in [-0.39, 0.29) is 5.91 Å². The SMILES string of the molecule is O=C(c1cc(-c2ccco2)nc2ccccc12)N1CCCCC1. The molecule has 0 unspecified atom stereocenters. The smallest absolute Gasteiger partial charge is 0.254 e. The van der Waals surface area contributed by atoms with E-state index in [4.69, 9.17) is 4.42 Å². The molecule has 0 spiro atoms. The van der Waals surface area contributed by atoms with E-state index < -0.39 is 0 Å². The van der Waals surface area contributed by atoms with E-state index in [1.165, 1.54) is 6.42 Å². The van der Waals surface area contributed by atoms with Crippen LogP contribution in [0.2, 0.25) is 0 Å². The summed E-state index contributed by atoms with van der Waals surface area (Å²) in [5.74, 6) is 0.777. The maximum Gasteiger partial charge on any atom is 0.254 e. The van der Waals surface area contributed by atoms with Crippen molar-refractivity contribution in [1.29, 1.82) is 0 Å². The molecule has 0 bridgehead atoms. The Labute approximate surface area is 134 Å². The standard InChI is InChI=1S/C19H18N2O2/c22-19(21-10-4-1-5-11-21)15-13-17(18-9-6-12-23-18)20-16-8-3-2-7-14(15)16/h2-3,6-9,12-13H,1,4-5,10-11H2. The van der Waals surface area contributed by atoms with Crippen LogP contribution in [0.3, 0.4) is 0 Å². The topological polar surface area (TPSA) is 46.3 Å². The summed E-state index contributed by atoms with van der Waals surface area (Å²) in [7, 11) is 0. The van der Waals surface area contributed by atoms with E-state index in [0.29, 0.717) is 17.0 Å². The Morgan fingerprint density at radius 2 is 1.87 bits per heavy atom. The molecule has 116 valence electrons. The van der Waals surface area contributed by atoms with Crippen molar-refractivity contribution in [3.63, 3.8) is 0 Å². The molecule has 3 aromatic rings. The molecule has 1 aliphatic heterocycles. The lowest BCUT2D eigenvalue weighted by Crippen LogP contribution is -2.35. The molecule has 4 heteroatoms. The van der Waals surface area contributed by atoms with Crippen LogP contribution in [0.5, 0.6) is 0 Å². The van der Waals surface area contributed by atoms with Gasteiger partial charge in [0.15, 0.2) is 5.76 Å². The summed E-state index contributed by atoms with van der Waals surface area (Å²) in [6.07, 6.45) is 5.00. The van der Waals surface area contributed by atoms with Crippen LogP contribution in [0.1, 0.15) is 29.6 Å². The molecule has 0 N–H and O–H groups in total. The number of likely N-dealkylation sites (tertiary alicyclic amines) is 1. The van der Waals surface area contributed by atoms with E-state index >= 15 is 0 Å². The highest BCUT2D eigenvalue weighted by molar-refractivity contribution is 6.07. The molecule has 4 rings (SSSR count). The monoisotopic (exact) mass is 306 g/mol. The van der Waals surface area contributed by atoms with Crippen LogP contribution in [0.4, 0.5) is 0 Å². The highest BCUT2D eigenvalue weighted by Crippen LogP contribution is 2.26. The van der Waals surface area contributed by atoms with Crippen molar-refractivity contribution in [3.05, 3.63) is 54.3 Å². The first-order valence-electron chi connectivity index (χ1n) is 8.06. The lowest BCUT2D eigenvalue weighted by molar-refractivity contribution is 0.0726. The number of carbonyl (C=O) groups excluding carboxylic acids is 1. The van der Waals surface area contributed by atoms with Crippen molar-refractivity contribution < 1.29 is 9.21 Å². The Morgan fingerprint density at radius 3 is 2.65 bits per heavy atom. The fraction of sp³-hybridized carbons (Fsp3) is 0.263. The van der Waals surface area contributed by atoms with Crippen LogP contribution in [0.15, 0.2) is 53.1 Å². The number of para-hydroxylation sites is 1. The van der Waals surface area contributed by atoms with Crippen molar-refractivity contribution in [2.24, 2.45) is 0 Å². The number of aromatic nitrogens is 1. The summed E-state index contributed by atoms with van der Waals surface area (Å²) in [5, 5.41) is 0.901. The second kappa shape index (κ2) is 5.88. The number of nitrogens with zero attached hydrogens (tertiary/aromatic N) is 2. The van der Waals surface area contributed by atoms with Crippen molar-refractivity contribution in [3.8, 4) is 11.5 Å². The van der Waals surface area contributed by atoms with Crippen molar-refractivity contribution in [2.45, 2.75) is 19.3 Å². The summed E-state index contributed by atoms with van der Waals surface area (Å²) in [5.41, 5.74) is 2.24. The third kappa shape index (κ3) is 2.61. The molecule has 0 radical (unpaired) electrons. The van der Waals surface area contributed by atoms with Gasteiger partial charge in [-0.05, 0) is 43.5 Å². The maximum atomic E-state index is 13.0. The summed E-state index contributed by atoms with van der Waals surface area (Å²) in [4.78, 5) is 19.6. The minimum atomic E-state index is 0.0936. The first kappa shape index (κ1) is 14.0. The van der Waals surface area contributed by atoms with Crippen LogP contribution >= 0.6 is 0 Å². The van der Waals surface area contributed by atoms with Crippen LogP contribution in [0, 0.1) is 0 Å². The number of benzene rings is 1. The number of piperidine rings is 1. The molecule has 1 amide bonds. The second-order valence-electron chi connectivity index (χ2n) is 5.90. The quantitative estimate of drug-likeness (QED) is 0.715. The predicted molar refractivity (Wildman–Crippen MR) is 89.2 cm³/mol. The minimum Gasteiger partial charge on any atom is -0.463 e. The van der Waals surface area contributed by atoms with E-state index in [1.807, 2.05) is 47.4 Å². The molecular weight excluding hydrogens is 288 g/mol. The van der Waals surface area contributed by atoms with Crippen LogP contribution in [-0.2, 0) is 0 Å². The van der Waals surface area contributed by atoms with Gasteiger partial charge in [-0.3, -0.25) is 4.79 Å². The molecule has 1 aromatic carbocycles. The molecule has 4 nitrogen and oxygen atoms in total. The lowest BCUT2D eigenvalue weighted by atomic mass is 10.0. The van der Waals surface area contributed by atoms with Crippen LogP contribution < -0.4 is 0 Å². The third-order valence-electron chi connectivity index (χ3n) is 4.36. The van der Waals surface area contributed by atoms with Crippen molar-refractivity contribution in [1.82, 2.24) is 9.88 Å². The molecule has 1 fully saturated rings. The number of carbonyl (C=O) groups is 1. The molecule has 1 aliphatic rings. The van der Waals surface area contributed by atoms with Gasteiger partial charge in [0.25, 0.3) is 5.91 Å². The zero-order chi connectivity index (χ0) is 15.6. The average molecular weight is 306 g/mol. The third-order valence-corrected chi connectivity index (χ3v) is 4.36. The lowest BCUT2D eigenvalue weighted by Gasteiger charge is -2.27. The largest absolute Gasteiger partial charge is 0.463 e. The predicted octanol–water partition coefficient (Wildman–Crippen LogP) is 4.12. The first-order valence-corrected chi connectivity index (χ1v) is 8.06. The molecule has 23 heavy (non-hydrogen) atoms. The minimum absolute atomic E-state index is 0.0936. The van der Waals surface area contributed by atoms with Gasteiger partial charge in [-0.15, -0.1) is 0 Å². The molecule has 2 aromatic heterocycles. The van der Waals surface area contributed by atoms with Crippen molar-refractivity contribution >= 4 is 16.8 Å². The van der Waals surface area contributed by atoms with Gasteiger partial charge in [0, 0.05) is 18.5 Å². The highest BCUT2D eigenvalue weighted by atomic mass is 16.3. The zero-order valence-corrected chi connectivity index (χ0v) is 12.9. The fourth-order valence-electron chi connectivity index (χ4n) is 3.17. The molecule has 0 atom stereocenters. The molecule has 0 aliphatic carbocycles. The fourth-order valence-corrected chi connectivity index (χ4v) is 3.17. The maximum absolute atomic E-state index is 13.0. The van der Waals surface area contributed by atoms with E-state index in [1.54, 1.807) is 6.26 Å².